The molecule has 1 amide bonds. The summed E-state index contributed by atoms with van der Waals surface area (Å²) < 4.78 is 5.46. The molecule has 1 atom stereocenters. The van der Waals surface area contributed by atoms with Crippen LogP contribution in [0, 0.1) is 11.3 Å². The maximum absolute atomic E-state index is 12.3. The highest BCUT2D eigenvalue weighted by Gasteiger charge is 2.14. The van der Waals surface area contributed by atoms with Gasteiger partial charge in [-0.1, -0.05) is 12.1 Å². The Morgan fingerprint density at radius 1 is 1.26 bits per heavy atom. The van der Waals surface area contributed by atoms with Crippen LogP contribution in [0.1, 0.15) is 40.3 Å². The standard InChI is InChI=1S/C21H20N4O2/c1-15(20-4-3-11-27-20)25(2)14-16-5-7-17(8-6-16)21(26)24-19-10-9-18(12-22)23-13-19/h3-11,13,15H,14H2,1-2H3,(H,24,26)/t15-/m1/s1. The molecular weight excluding hydrogens is 340 g/mol. The monoisotopic (exact) mass is 360 g/mol. The predicted octanol–water partition coefficient (Wildman–Crippen LogP) is 3.99. The Morgan fingerprint density at radius 3 is 2.63 bits per heavy atom. The molecule has 3 rings (SSSR count). The van der Waals surface area contributed by atoms with Gasteiger partial charge in [0.1, 0.15) is 17.5 Å². The first-order chi connectivity index (χ1) is 13.1. The highest BCUT2D eigenvalue weighted by atomic mass is 16.3. The maximum Gasteiger partial charge on any atom is 0.255 e. The lowest BCUT2D eigenvalue weighted by molar-refractivity contribution is 0.102. The van der Waals surface area contributed by atoms with Crippen molar-refractivity contribution in [1.29, 1.82) is 5.26 Å². The van der Waals surface area contributed by atoms with Crippen molar-refractivity contribution in [3.63, 3.8) is 0 Å². The average molecular weight is 360 g/mol. The lowest BCUT2D eigenvalue weighted by atomic mass is 10.1. The molecule has 27 heavy (non-hydrogen) atoms. The van der Waals surface area contributed by atoms with Crippen molar-refractivity contribution in [1.82, 2.24) is 9.88 Å². The van der Waals surface area contributed by atoms with Crippen molar-refractivity contribution >= 4 is 11.6 Å². The number of hydrogen-bond donors (Lipinski definition) is 1. The number of carbonyl (C=O) groups excluding carboxylic acids is 1. The Hall–Kier alpha value is -3.43. The maximum atomic E-state index is 12.3. The van der Waals surface area contributed by atoms with Gasteiger partial charge in [0.05, 0.1) is 24.2 Å². The molecule has 0 fully saturated rings. The average Bonchev–Trinajstić information content (AvgIpc) is 3.23. The number of hydrogen-bond acceptors (Lipinski definition) is 5. The van der Waals surface area contributed by atoms with E-state index in [2.05, 4.69) is 22.1 Å². The van der Waals surface area contributed by atoms with Crippen molar-refractivity contribution in [3.8, 4) is 6.07 Å². The summed E-state index contributed by atoms with van der Waals surface area (Å²) in [5.41, 5.74) is 2.53. The van der Waals surface area contributed by atoms with Gasteiger partial charge in [-0.15, -0.1) is 0 Å². The normalized spacial score (nSPS) is 11.8. The molecule has 3 aromatic rings. The smallest absolute Gasteiger partial charge is 0.255 e. The number of aromatic nitrogens is 1. The molecule has 0 unspecified atom stereocenters. The molecular formula is C21H20N4O2. The molecule has 0 saturated heterocycles. The Bertz CT molecular complexity index is 926. The number of nitrogens with zero attached hydrogens (tertiary/aromatic N) is 3. The van der Waals surface area contributed by atoms with Crippen LogP contribution < -0.4 is 5.32 Å². The zero-order chi connectivity index (χ0) is 19.2. The van der Waals surface area contributed by atoms with Gasteiger partial charge in [-0.3, -0.25) is 9.69 Å². The van der Waals surface area contributed by atoms with Gasteiger partial charge in [0.2, 0.25) is 0 Å². The van der Waals surface area contributed by atoms with E-state index >= 15 is 0 Å². The fraction of sp³-hybridized carbons (Fsp3) is 0.190. The summed E-state index contributed by atoms with van der Waals surface area (Å²) in [5.74, 6) is 0.704. The number of benzene rings is 1. The van der Waals surface area contributed by atoms with Gasteiger partial charge in [-0.05, 0) is 55.9 Å². The topological polar surface area (TPSA) is 82.2 Å². The summed E-state index contributed by atoms with van der Waals surface area (Å²) in [4.78, 5) is 18.5. The highest BCUT2D eigenvalue weighted by Crippen LogP contribution is 2.21. The van der Waals surface area contributed by atoms with E-state index in [0.29, 0.717) is 16.9 Å². The molecule has 0 aliphatic rings. The van der Waals surface area contributed by atoms with Crippen LogP contribution in [0.4, 0.5) is 5.69 Å². The van der Waals surface area contributed by atoms with Gasteiger partial charge in [0.25, 0.3) is 5.91 Å². The molecule has 136 valence electrons. The van der Waals surface area contributed by atoms with E-state index < -0.39 is 0 Å². The Kier molecular flexibility index (Phi) is 5.64. The van der Waals surface area contributed by atoms with Crippen LogP contribution in [-0.4, -0.2) is 22.8 Å². The third kappa shape index (κ3) is 4.60. The Labute approximate surface area is 158 Å². The van der Waals surface area contributed by atoms with Crippen molar-refractivity contribution in [2.45, 2.75) is 19.5 Å². The van der Waals surface area contributed by atoms with Crippen molar-refractivity contribution in [2.24, 2.45) is 0 Å². The van der Waals surface area contributed by atoms with Gasteiger partial charge < -0.3 is 9.73 Å². The zero-order valence-corrected chi connectivity index (χ0v) is 15.2. The van der Waals surface area contributed by atoms with Crippen molar-refractivity contribution in [2.75, 3.05) is 12.4 Å². The van der Waals surface area contributed by atoms with E-state index in [1.807, 2.05) is 37.4 Å². The zero-order valence-electron chi connectivity index (χ0n) is 15.2. The predicted molar refractivity (Wildman–Crippen MR) is 102 cm³/mol. The highest BCUT2D eigenvalue weighted by molar-refractivity contribution is 6.04. The minimum atomic E-state index is -0.217. The molecule has 0 spiro atoms. The second kappa shape index (κ2) is 8.30. The molecule has 2 heterocycles. The van der Waals surface area contributed by atoms with Gasteiger partial charge >= 0.3 is 0 Å². The first kappa shape index (κ1) is 18.4. The van der Waals surface area contributed by atoms with E-state index in [1.54, 1.807) is 30.5 Å². The SMILES string of the molecule is C[C@H](c1ccco1)N(C)Cc1ccc(C(=O)Nc2ccc(C#N)nc2)cc1. The van der Waals surface area contributed by atoms with Crippen LogP contribution in [-0.2, 0) is 6.54 Å². The molecule has 0 radical (unpaired) electrons. The number of furan rings is 1. The van der Waals surface area contributed by atoms with Crippen molar-refractivity contribution < 1.29 is 9.21 Å². The molecule has 1 N–H and O–H groups in total. The summed E-state index contributed by atoms with van der Waals surface area (Å²) in [6, 6.07) is 16.7. The van der Waals surface area contributed by atoms with Crippen LogP contribution in [0.5, 0.6) is 0 Å². The number of pyridine rings is 1. The minimum Gasteiger partial charge on any atom is -0.468 e. The van der Waals surface area contributed by atoms with E-state index in [0.717, 1.165) is 17.9 Å². The van der Waals surface area contributed by atoms with E-state index in [-0.39, 0.29) is 11.9 Å². The van der Waals surface area contributed by atoms with Gasteiger partial charge in [0, 0.05) is 12.1 Å². The summed E-state index contributed by atoms with van der Waals surface area (Å²) in [6.07, 6.45) is 3.15. The van der Waals surface area contributed by atoms with Gasteiger partial charge in [-0.2, -0.15) is 5.26 Å². The lowest BCUT2D eigenvalue weighted by Gasteiger charge is -2.23. The molecule has 1 aromatic carbocycles. The van der Waals surface area contributed by atoms with E-state index in [9.17, 15) is 4.79 Å². The molecule has 6 nitrogen and oxygen atoms in total. The van der Waals surface area contributed by atoms with Crippen LogP contribution in [0.2, 0.25) is 0 Å². The van der Waals surface area contributed by atoms with Crippen molar-refractivity contribution in [3.05, 3.63) is 83.6 Å². The molecule has 0 bridgehead atoms. The fourth-order valence-electron chi connectivity index (χ4n) is 2.67. The Balaban J connectivity index is 1.60. The lowest BCUT2D eigenvalue weighted by Crippen LogP contribution is -2.21. The Morgan fingerprint density at radius 2 is 2.04 bits per heavy atom. The van der Waals surface area contributed by atoms with Gasteiger partial charge in [0.15, 0.2) is 0 Å². The summed E-state index contributed by atoms with van der Waals surface area (Å²) in [5, 5.41) is 11.5. The van der Waals surface area contributed by atoms with Crippen LogP contribution >= 0.6 is 0 Å². The molecule has 0 saturated carbocycles. The number of nitriles is 1. The van der Waals surface area contributed by atoms with Crippen LogP contribution in [0.25, 0.3) is 0 Å². The van der Waals surface area contributed by atoms with E-state index in [1.165, 1.54) is 6.20 Å². The first-order valence-corrected chi connectivity index (χ1v) is 8.57. The number of rotatable bonds is 6. The molecule has 2 aromatic heterocycles. The minimum absolute atomic E-state index is 0.159. The summed E-state index contributed by atoms with van der Waals surface area (Å²) in [6.45, 7) is 2.83. The number of amides is 1. The van der Waals surface area contributed by atoms with Gasteiger partial charge in [-0.25, -0.2) is 4.98 Å². The fourth-order valence-corrected chi connectivity index (χ4v) is 2.67. The largest absolute Gasteiger partial charge is 0.468 e. The number of carbonyl (C=O) groups is 1. The summed E-state index contributed by atoms with van der Waals surface area (Å²) >= 11 is 0. The van der Waals surface area contributed by atoms with Crippen LogP contribution in [0.15, 0.2) is 65.4 Å². The molecule has 0 aliphatic carbocycles. The first-order valence-electron chi connectivity index (χ1n) is 8.57. The third-order valence-electron chi connectivity index (χ3n) is 4.40. The quantitative estimate of drug-likeness (QED) is 0.719. The summed E-state index contributed by atoms with van der Waals surface area (Å²) in [7, 11) is 2.03. The number of anilines is 1. The van der Waals surface area contributed by atoms with E-state index in [4.69, 9.17) is 9.68 Å². The number of nitrogens with one attached hydrogen (secondary N) is 1. The third-order valence-corrected chi connectivity index (χ3v) is 4.40. The van der Waals surface area contributed by atoms with Crippen LogP contribution in [0.3, 0.4) is 0 Å². The molecule has 0 aliphatic heterocycles. The second-order valence-electron chi connectivity index (χ2n) is 6.30. The molecule has 6 heteroatoms. The second-order valence-corrected chi connectivity index (χ2v) is 6.30.